The second kappa shape index (κ2) is 9.43. The summed E-state index contributed by atoms with van der Waals surface area (Å²) in [5, 5.41) is 11.2. The minimum atomic E-state index is -0.206. The number of nitrogens with one attached hydrogen (secondary N) is 1. The highest BCUT2D eigenvalue weighted by atomic mass is 16.2. The zero-order chi connectivity index (χ0) is 21.8. The number of piperidine rings is 1. The van der Waals surface area contributed by atoms with Gasteiger partial charge in [-0.05, 0) is 62.4 Å². The molecule has 1 aliphatic rings. The highest BCUT2D eigenvalue weighted by Gasteiger charge is 2.18. The van der Waals surface area contributed by atoms with Crippen LogP contribution < -0.4 is 5.32 Å². The molecule has 0 saturated carbocycles. The van der Waals surface area contributed by atoms with Crippen LogP contribution in [0.25, 0.3) is 5.69 Å². The van der Waals surface area contributed by atoms with Crippen molar-refractivity contribution in [3.8, 4) is 5.69 Å². The van der Waals surface area contributed by atoms with Crippen molar-refractivity contribution in [2.45, 2.75) is 46.7 Å². The standard InChI is InChI=1S/C25H31N5O/c1-18-6-12-23(13-7-18)30-20(3)24(27-28-30)25(31)26-15-21-8-10-22(11-9-21)17-29-14-4-5-19(2)16-29/h6-13,19H,4-5,14-17H2,1-3H3,(H,26,31). The maximum absolute atomic E-state index is 12.7. The Morgan fingerprint density at radius 1 is 1.06 bits per heavy atom. The number of carbonyl (C=O) groups excluding carboxylic acids is 1. The number of nitrogens with zero attached hydrogens (tertiary/aromatic N) is 4. The fourth-order valence-corrected chi connectivity index (χ4v) is 4.19. The molecule has 1 N–H and O–H groups in total. The summed E-state index contributed by atoms with van der Waals surface area (Å²) in [5.74, 6) is 0.581. The second-order valence-corrected chi connectivity index (χ2v) is 8.75. The van der Waals surface area contributed by atoms with E-state index in [0.717, 1.165) is 29.4 Å². The topological polar surface area (TPSA) is 63.1 Å². The molecule has 0 aliphatic carbocycles. The number of aromatic nitrogens is 3. The fourth-order valence-electron chi connectivity index (χ4n) is 4.19. The molecule has 6 nitrogen and oxygen atoms in total. The molecule has 4 rings (SSSR count). The van der Waals surface area contributed by atoms with Crippen LogP contribution in [0.1, 0.15) is 52.6 Å². The van der Waals surface area contributed by atoms with E-state index in [0.29, 0.717) is 12.2 Å². The van der Waals surface area contributed by atoms with Gasteiger partial charge in [0.2, 0.25) is 0 Å². The van der Waals surface area contributed by atoms with Gasteiger partial charge in [0.15, 0.2) is 5.69 Å². The van der Waals surface area contributed by atoms with Crippen LogP contribution in [0.2, 0.25) is 0 Å². The lowest BCUT2D eigenvalue weighted by atomic mass is 9.99. The van der Waals surface area contributed by atoms with Gasteiger partial charge >= 0.3 is 0 Å². The van der Waals surface area contributed by atoms with Gasteiger partial charge in [-0.3, -0.25) is 9.69 Å². The van der Waals surface area contributed by atoms with Crippen molar-refractivity contribution in [1.82, 2.24) is 25.2 Å². The summed E-state index contributed by atoms with van der Waals surface area (Å²) in [6, 6.07) is 16.5. The Bertz CT molecular complexity index is 1020. The molecule has 1 atom stereocenters. The first kappa shape index (κ1) is 21.2. The van der Waals surface area contributed by atoms with Crippen LogP contribution in [0.5, 0.6) is 0 Å². The van der Waals surface area contributed by atoms with Crippen molar-refractivity contribution in [3.63, 3.8) is 0 Å². The summed E-state index contributed by atoms with van der Waals surface area (Å²) in [4.78, 5) is 15.2. The summed E-state index contributed by atoms with van der Waals surface area (Å²) in [6.07, 6.45) is 2.63. The molecule has 1 saturated heterocycles. The van der Waals surface area contributed by atoms with Crippen molar-refractivity contribution < 1.29 is 4.79 Å². The molecule has 0 radical (unpaired) electrons. The van der Waals surface area contributed by atoms with Crippen LogP contribution in [0, 0.1) is 19.8 Å². The number of carbonyl (C=O) groups is 1. The molecule has 6 heteroatoms. The van der Waals surface area contributed by atoms with Gasteiger partial charge in [0.1, 0.15) is 0 Å². The average Bonchev–Trinajstić information content (AvgIpc) is 3.15. The van der Waals surface area contributed by atoms with E-state index in [1.54, 1.807) is 4.68 Å². The number of hydrogen-bond acceptors (Lipinski definition) is 4. The SMILES string of the molecule is Cc1ccc(-n2nnc(C(=O)NCc3ccc(CN4CCCC(C)C4)cc3)c2C)cc1. The van der Waals surface area contributed by atoms with Gasteiger partial charge in [-0.25, -0.2) is 4.68 Å². The quantitative estimate of drug-likeness (QED) is 0.657. The molecule has 0 spiro atoms. The maximum Gasteiger partial charge on any atom is 0.274 e. The number of benzene rings is 2. The van der Waals surface area contributed by atoms with E-state index in [4.69, 9.17) is 0 Å². The largest absolute Gasteiger partial charge is 0.347 e. The molecule has 1 unspecified atom stereocenters. The average molecular weight is 418 g/mol. The van der Waals surface area contributed by atoms with Gasteiger partial charge in [0, 0.05) is 19.6 Å². The van der Waals surface area contributed by atoms with Crippen LogP contribution in [-0.4, -0.2) is 38.9 Å². The summed E-state index contributed by atoms with van der Waals surface area (Å²) >= 11 is 0. The summed E-state index contributed by atoms with van der Waals surface area (Å²) in [6.45, 7) is 10.1. The Morgan fingerprint density at radius 2 is 1.77 bits per heavy atom. The molecule has 31 heavy (non-hydrogen) atoms. The molecule has 0 bridgehead atoms. The summed E-state index contributed by atoms with van der Waals surface area (Å²) in [7, 11) is 0. The highest BCUT2D eigenvalue weighted by Crippen LogP contribution is 2.18. The maximum atomic E-state index is 12.7. The fraction of sp³-hybridized carbons (Fsp3) is 0.400. The van der Waals surface area contributed by atoms with E-state index >= 15 is 0 Å². The molecule has 2 heterocycles. The molecular weight excluding hydrogens is 386 g/mol. The molecule has 162 valence electrons. The van der Waals surface area contributed by atoms with Crippen molar-refractivity contribution in [2.75, 3.05) is 13.1 Å². The van der Waals surface area contributed by atoms with Crippen LogP contribution in [0.3, 0.4) is 0 Å². The third kappa shape index (κ3) is 5.20. The van der Waals surface area contributed by atoms with Crippen LogP contribution in [-0.2, 0) is 13.1 Å². The Kier molecular flexibility index (Phi) is 6.47. The predicted octanol–water partition coefficient (Wildman–Crippen LogP) is 4.05. The molecular formula is C25H31N5O. The predicted molar refractivity (Wildman–Crippen MR) is 122 cm³/mol. The molecule has 1 fully saturated rings. The zero-order valence-electron chi connectivity index (χ0n) is 18.6. The van der Waals surface area contributed by atoms with E-state index < -0.39 is 0 Å². The van der Waals surface area contributed by atoms with Crippen LogP contribution in [0.4, 0.5) is 0 Å². The minimum absolute atomic E-state index is 0.206. The van der Waals surface area contributed by atoms with Gasteiger partial charge in [-0.15, -0.1) is 5.10 Å². The van der Waals surface area contributed by atoms with Crippen LogP contribution >= 0.6 is 0 Å². The van der Waals surface area contributed by atoms with Gasteiger partial charge in [-0.1, -0.05) is 54.1 Å². The highest BCUT2D eigenvalue weighted by molar-refractivity contribution is 5.93. The van der Waals surface area contributed by atoms with Gasteiger partial charge < -0.3 is 5.32 Å². The van der Waals surface area contributed by atoms with Crippen molar-refractivity contribution in [1.29, 1.82) is 0 Å². The smallest absolute Gasteiger partial charge is 0.274 e. The molecule has 1 aliphatic heterocycles. The lowest BCUT2D eigenvalue weighted by Gasteiger charge is -2.30. The monoisotopic (exact) mass is 417 g/mol. The normalized spacial score (nSPS) is 16.9. The Balaban J connectivity index is 1.34. The lowest BCUT2D eigenvalue weighted by molar-refractivity contribution is 0.0945. The zero-order valence-corrected chi connectivity index (χ0v) is 18.6. The van der Waals surface area contributed by atoms with E-state index in [-0.39, 0.29) is 5.91 Å². The minimum Gasteiger partial charge on any atom is -0.347 e. The Morgan fingerprint density at radius 3 is 2.48 bits per heavy atom. The number of hydrogen-bond donors (Lipinski definition) is 1. The van der Waals surface area contributed by atoms with Crippen molar-refractivity contribution in [2.24, 2.45) is 5.92 Å². The third-order valence-corrected chi connectivity index (χ3v) is 6.01. The Labute approximate surface area is 184 Å². The third-order valence-electron chi connectivity index (χ3n) is 6.01. The number of amides is 1. The van der Waals surface area contributed by atoms with E-state index in [9.17, 15) is 4.79 Å². The van der Waals surface area contributed by atoms with Gasteiger partial charge in [-0.2, -0.15) is 0 Å². The molecule has 3 aromatic rings. The molecule has 2 aromatic carbocycles. The van der Waals surface area contributed by atoms with Crippen molar-refractivity contribution in [3.05, 3.63) is 76.6 Å². The van der Waals surface area contributed by atoms with E-state index in [2.05, 4.69) is 51.7 Å². The first-order chi connectivity index (χ1) is 15.0. The molecule has 1 amide bonds. The van der Waals surface area contributed by atoms with Gasteiger partial charge in [0.05, 0.1) is 11.4 Å². The van der Waals surface area contributed by atoms with Gasteiger partial charge in [0.25, 0.3) is 5.91 Å². The summed E-state index contributed by atoms with van der Waals surface area (Å²) < 4.78 is 1.70. The lowest BCUT2D eigenvalue weighted by Crippen LogP contribution is -2.33. The first-order valence-corrected chi connectivity index (χ1v) is 11.1. The van der Waals surface area contributed by atoms with Crippen LogP contribution in [0.15, 0.2) is 48.5 Å². The molecule has 1 aromatic heterocycles. The first-order valence-electron chi connectivity index (χ1n) is 11.1. The summed E-state index contributed by atoms with van der Waals surface area (Å²) in [5.41, 5.74) is 5.56. The van der Waals surface area contributed by atoms with E-state index in [1.165, 1.54) is 37.1 Å². The van der Waals surface area contributed by atoms with E-state index in [1.807, 2.05) is 38.1 Å². The van der Waals surface area contributed by atoms with Crippen molar-refractivity contribution >= 4 is 5.91 Å². The number of aryl methyl sites for hydroxylation is 1. The number of likely N-dealkylation sites (tertiary alicyclic amines) is 1. The number of rotatable bonds is 6. The Hall–Kier alpha value is -2.99. The second-order valence-electron chi connectivity index (χ2n) is 8.75.